The first-order valence-corrected chi connectivity index (χ1v) is 6.19. The van der Waals surface area contributed by atoms with Crippen molar-refractivity contribution in [2.24, 2.45) is 5.92 Å². The van der Waals surface area contributed by atoms with Crippen molar-refractivity contribution < 1.29 is 5.11 Å². The van der Waals surface area contributed by atoms with E-state index in [9.17, 15) is 5.11 Å². The van der Waals surface area contributed by atoms with Gasteiger partial charge in [-0.05, 0) is 25.3 Å². The van der Waals surface area contributed by atoms with Crippen LogP contribution in [0.5, 0.6) is 0 Å². The van der Waals surface area contributed by atoms with Gasteiger partial charge < -0.3 is 10.4 Å². The zero-order chi connectivity index (χ0) is 10.4. The molecule has 0 bridgehead atoms. The number of aliphatic hydroxyl groups excluding tert-OH is 1. The van der Waals surface area contributed by atoms with E-state index in [2.05, 4.69) is 19.2 Å². The number of hydrogen-bond donors (Lipinski definition) is 2. The lowest BCUT2D eigenvalue weighted by molar-refractivity contribution is 0.0886. The molecule has 0 heterocycles. The highest BCUT2D eigenvalue weighted by molar-refractivity contribution is 4.80. The minimum absolute atomic E-state index is 0.0990. The molecule has 0 aromatic heterocycles. The Balaban J connectivity index is 2.21. The Morgan fingerprint density at radius 1 is 1.21 bits per heavy atom. The van der Waals surface area contributed by atoms with Crippen molar-refractivity contribution in [3.8, 4) is 0 Å². The summed E-state index contributed by atoms with van der Waals surface area (Å²) < 4.78 is 0. The smallest absolute Gasteiger partial charge is 0.0693 e. The van der Waals surface area contributed by atoms with Crippen molar-refractivity contribution >= 4 is 0 Å². The molecule has 2 nitrogen and oxygen atoms in total. The van der Waals surface area contributed by atoms with Gasteiger partial charge >= 0.3 is 0 Å². The Kier molecular flexibility index (Phi) is 5.49. The Morgan fingerprint density at radius 3 is 2.43 bits per heavy atom. The molecule has 0 spiro atoms. The highest BCUT2D eigenvalue weighted by Gasteiger charge is 2.22. The first-order chi connectivity index (χ1) is 6.77. The minimum Gasteiger partial charge on any atom is -0.392 e. The summed E-state index contributed by atoms with van der Waals surface area (Å²) in [6, 6.07) is 0.365. The van der Waals surface area contributed by atoms with Crippen LogP contribution in [0, 0.1) is 5.92 Å². The number of rotatable bonds is 5. The molecule has 1 saturated carbocycles. The van der Waals surface area contributed by atoms with Crippen LogP contribution in [-0.2, 0) is 0 Å². The lowest BCUT2D eigenvalue weighted by atomic mass is 9.92. The van der Waals surface area contributed by atoms with Gasteiger partial charge in [-0.2, -0.15) is 0 Å². The van der Waals surface area contributed by atoms with E-state index in [4.69, 9.17) is 0 Å². The van der Waals surface area contributed by atoms with E-state index < -0.39 is 0 Å². The molecule has 0 aliphatic heterocycles. The van der Waals surface area contributed by atoms with Crippen LogP contribution in [0.2, 0.25) is 0 Å². The van der Waals surface area contributed by atoms with Gasteiger partial charge in [-0.3, -0.25) is 0 Å². The van der Waals surface area contributed by atoms with Gasteiger partial charge in [0.25, 0.3) is 0 Å². The van der Waals surface area contributed by atoms with E-state index in [1.54, 1.807) is 0 Å². The average molecular weight is 199 g/mol. The molecule has 1 rings (SSSR count). The van der Waals surface area contributed by atoms with Crippen molar-refractivity contribution in [2.75, 3.05) is 6.54 Å². The van der Waals surface area contributed by atoms with Crippen molar-refractivity contribution in [1.29, 1.82) is 0 Å². The van der Waals surface area contributed by atoms with Crippen LogP contribution in [-0.4, -0.2) is 23.8 Å². The monoisotopic (exact) mass is 199 g/mol. The van der Waals surface area contributed by atoms with Gasteiger partial charge in [0.15, 0.2) is 0 Å². The zero-order valence-corrected chi connectivity index (χ0v) is 9.63. The normalized spacial score (nSPS) is 28.3. The third kappa shape index (κ3) is 3.58. The molecule has 1 aliphatic rings. The summed E-state index contributed by atoms with van der Waals surface area (Å²) >= 11 is 0. The molecule has 2 N–H and O–H groups in total. The Hall–Kier alpha value is -0.0800. The predicted octanol–water partition coefficient (Wildman–Crippen LogP) is 2.32. The molecule has 2 atom stereocenters. The third-order valence-electron chi connectivity index (χ3n) is 3.55. The first kappa shape index (κ1) is 12.0. The molecular weight excluding hydrogens is 174 g/mol. The topological polar surface area (TPSA) is 32.3 Å². The van der Waals surface area contributed by atoms with E-state index in [0.717, 1.165) is 25.3 Å². The van der Waals surface area contributed by atoms with Gasteiger partial charge in [0.2, 0.25) is 0 Å². The molecule has 2 heteroatoms. The predicted molar refractivity (Wildman–Crippen MR) is 60.3 cm³/mol. The highest BCUT2D eigenvalue weighted by atomic mass is 16.3. The van der Waals surface area contributed by atoms with E-state index in [1.165, 1.54) is 25.7 Å². The molecule has 0 unspecified atom stereocenters. The summed E-state index contributed by atoms with van der Waals surface area (Å²) in [5.41, 5.74) is 0. The second-order valence-corrected chi connectivity index (χ2v) is 4.55. The Bertz CT molecular complexity index is 145. The summed E-state index contributed by atoms with van der Waals surface area (Å²) in [6.07, 6.45) is 7.00. The maximum absolute atomic E-state index is 9.76. The summed E-state index contributed by atoms with van der Waals surface area (Å²) in [5.74, 6) is 0.782. The van der Waals surface area contributed by atoms with Gasteiger partial charge in [0.05, 0.1) is 6.10 Å². The van der Waals surface area contributed by atoms with Crippen molar-refractivity contribution in [3.63, 3.8) is 0 Å². The third-order valence-corrected chi connectivity index (χ3v) is 3.55. The summed E-state index contributed by atoms with van der Waals surface area (Å²) in [4.78, 5) is 0. The second kappa shape index (κ2) is 6.41. The van der Waals surface area contributed by atoms with E-state index in [-0.39, 0.29) is 6.10 Å². The van der Waals surface area contributed by atoms with Crippen LogP contribution in [0.3, 0.4) is 0 Å². The molecule has 1 aliphatic carbocycles. The molecular formula is C12H25NO. The van der Waals surface area contributed by atoms with E-state index in [1.807, 2.05) is 0 Å². The van der Waals surface area contributed by atoms with Crippen LogP contribution >= 0.6 is 0 Å². The van der Waals surface area contributed by atoms with E-state index in [0.29, 0.717) is 6.04 Å². The Labute approximate surface area is 88.1 Å². The molecule has 0 aromatic rings. The SMILES string of the molecule is CCC(CC)CN[C@@H]1CCCC[C@H]1O. The maximum Gasteiger partial charge on any atom is 0.0693 e. The molecule has 0 saturated heterocycles. The summed E-state index contributed by atoms with van der Waals surface area (Å²) in [7, 11) is 0. The van der Waals surface area contributed by atoms with Crippen LogP contribution in [0.1, 0.15) is 52.4 Å². The van der Waals surface area contributed by atoms with Crippen LogP contribution in [0.15, 0.2) is 0 Å². The molecule has 1 fully saturated rings. The second-order valence-electron chi connectivity index (χ2n) is 4.55. The molecule has 0 aromatic carbocycles. The van der Waals surface area contributed by atoms with Crippen LogP contribution < -0.4 is 5.32 Å². The molecule has 84 valence electrons. The first-order valence-electron chi connectivity index (χ1n) is 6.19. The lowest BCUT2D eigenvalue weighted by Crippen LogP contribution is -2.43. The summed E-state index contributed by atoms with van der Waals surface area (Å²) in [6.45, 7) is 5.56. The molecule has 14 heavy (non-hydrogen) atoms. The lowest BCUT2D eigenvalue weighted by Gasteiger charge is -2.29. The fourth-order valence-electron chi connectivity index (χ4n) is 2.24. The van der Waals surface area contributed by atoms with Crippen molar-refractivity contribution in [2.45, 2.75) is 64.5 Å². The Morgan fingerprint density at radius 2 is 1.86 bits per heavy atom. The van der Waals surface area contributed by atoms with Crippen molar-refractivity contribution in [3.05, 3.63) is 0 Å². The minimum atomic E-state index is -0.0990. The number of aliphatic hydroxyl groups is 1. The van der Waals surface area contributed by atoms with Gasteiger partial charge in [-0.25, -0.2) is 0 Å². The van der Waals surface area contributed by atoms with Crippen LogP contribution in [0.25, 0.3) is 0 Å². The fourth-order valence-corrected chi connectivity index (χ4v) is 2.24. The van der Waals surface area contributed by atoms with Crippen molar-refractivity contribution in [1.82, 2.24) is 5.32 Å². The molecule has 0 amide bonds. The number of nitrogens with one attached hydrogen (secondary N) is 1. The average Bonchev–Trinajstić information content (AvgIpc) is 2.22. The zero-order valence-electron chi connectivity index (χ0n) is 9.63. The van der Waals surface area contributed by atoms with E-state index >= 15 is 0 Å². The fraction of sp³-hybridized carbons (Fsp3) is 1.00. The largest absolute Gasteiger partial charge is 0.392 e. The van der Waals surface area contributed by atoms with Gasteiger partial charge in [-0.1, -0.05) is 39.5 Å². The van der Waals surface area contributed by atoms with Gasteiger partial charge in [-0.15, -0.1) is 0 Å². The van der Waals surface area contributed by atoms with Gasteiger partial charge in [0.1, 0.15) is 0 Å². The number of hydrogen-bond acceptors (Lipinski definition) is 2. The summed E-state index contributed by atoms with van der Waals surface area (Å²) in [5, 5.41) is 13.3. The quantitative estimate of drug-likeness (QED) is 0.712. The molecule has 0 radical (unpaired) electrons. The highest BCUT2D eigenvalue weighted by Crippen LogP contribution is 2.18. The standard InChI is InChI=1S/C12H25NO/c1-3-10(4-2)9-13-11-7-5-6-8-12(11)14/h10-14H,3-9H2,1-2H3/t11-,12-/m1/s1. The van der Waals surface area contributed by atoms with Crippen LogP contribution in [0.4, 0.5) is 0 Å². The van der Waals surface area contributed by atoms with Gasteiger partial charge in [0, 0.05) is 6.04 Å². The maximum atomic E-state index is 9.76.